The van der Waals surface area contributed by atoms with Crippen LogP contribution < -0.4 is 15.8 Å². The Bertz CT molecular complexity index is 1400. The van der Waals surface area contributed by atoms with Crippen LogP contribution in [0.5, 0.6) is 0 Å². The lowest BCUT2D eigenvalue weighted by atomic mass is 9.94. The van der Waals surface area contributed by atoms with Gasteiger partial charge in [-0.1, -0.05) is 54.9 Å². The second-order valence-corrected chi connectivity index (χ2v) is 13.3. The molecule has 2 aromatic carbocycles. The van der Waals surface area contributed by atoms with E-state index >= 15 is 0 Å². The Morgan fingerprint density at radius 1 is 0.872 bits per heavy atom. The van der Waals surface area contributed by atoms with E-state index in [9.17, 15) is 4.79 Å². The Hall–Kier alpha value is -2.39. The molecule has 0 spiro atoms. The van der Waals surface area contributed by atoms with Crippen molar-refractivity contribution in [3.05, 3.63) is 58.9 Å². The third-order valence-electron chi connectivity index (χ3n) is 8.53. The first kappa shape index (κ1) is 25.6. The van der Waals surface area contributed by atoms with Crippen LogP contribution in [0.1, 0.15) is 38.5 Å². The van der Waals surface area contributed by atoms with E-state index in [0.717, 1.165) is 42.6 Å². The minimum absolute atomic E-state index is 0.0647. The number of pyridine rings is 1. The van der Waals surface area contributed by atoms with Crippen molar-refractivity contribution in [3.63, 3.8) is 0 Å². The van der Waals surface area contributed by atoms with E-state index in [1.807, 2.05) is 23.5 Å². The minimum atomic E-state index is -0.0647. The van der Waals surface area contributed by atoms with Crippen molar-refractivity contribution in [2.75, 3.05) is 49.6 Å². The second-order valence-electron chi connectivity index (χ2n) is 11.1. The molecule has 8 heteroatoms. The molecule has 6 nitrogen and oxygen atoms in total. The molecular weight excluding hydrogens is 525 g/mol. The molecule has 3 fully saturated rings. The van der Waals surface area contributed by atoms with Crippen molar-refractivity contribution in [1.82, 2.24) is 9.88 Å². The number of ether oxygens (including phenoxy) is 1. The van der Waals surface area contributed by atoms with Gasteiger partial charge < -0.3 is 19.9 Å². The van der Waals surface area contributed by atoms with Crippen molar-refractivity contribution < 1.29 is 4.74 Å². The molecule has 4 aliphatic rings. The number of rotatable bonds is 5. The van der Waals surface area contributed by atoms with Crippen LogP contribution in [-0.2, 0) is 4.74 Å². The number of nitrogens with one attached hydrogen (secondary N) is 2. The van der Waals surface area contributed by atoms with Crippen LogP contribution >= 0.6 is 23.5 Å². The highest BCUT2D eigenvalue weighted by Crippen LogP contribution is 2.52. The van der Waals surface area contributed by atoms with Gasteiger partial charge in [-0.25, -0.2) is 0 Å². The summed E-state index contributed by atoms with van der Waals surface area (Å²) < 4.78 is 5.51. The Balaban J connectivity index is 1.09. The highest BCUT2D eigenvalue weighted by molar-refractivity contribution is 8.05. The summed E-state index contributed by atoms with van der Waals surface area (Å²) in [5, 5.41) is 3.85. The number of hydrogen-bond donors (Lipinski definition) is 2. The van der Waals surface area contributed by atoms with E-state index < -0.39 is 0 Å². The molecular formula is C31H36N4O2S2. The van der Waals surface area contributed by atoms with Crippen LogP contribution in [0.2, 0.25) is 0 Å². The van der Waals surface area contributed by atoms with E-state index in [0.29, 0.717) is 19.3 Å². The van der Waals surface area contributed by atoms with Crippen molar-refractivity contribution in [2.24, 2.45) is 0 Å². The molecule has 3 aliphatic heterocycles. The Labute approximate surface area is 238 Å². The number of morpholine rings is 1. The normalized spacial score (nSPS) is 21.9. The molecule has 1 atom stereocenters. The second kappa shape index (κ2) is 11.2. The van der Waals surface area contributed by atoms with E-state index in [-0.39, 0.29) is 5.56 Å². The van der Waals surface area contributed by atoms with Gasteiger partial charge in [0.05, 0.1) is 18.9 Å². The first-order chi connectivity index (χ1) is 19.2. The Morgan fingerprint density at radius 3 is 2.62 bits per heavy atom. The predicted octanol–water partition coefficient (Wildman–Crippen LogP) is 6.31. The molecule has 2 saturated heterocycles. The zero-order valence-corrected chi connectivity index (χ0v) is 23.9. The first-order valence-electron chi connectivity index (χ1n) is 14.4. The lowest BCUT2D eigenvalue weighted by Crippen LogP contribution is -2.36. The third kappa shape index (κ3) is 5.49. The number of likely N-dealkylation sites (tertiary alicyclic amines) is 1. The first-order valence-corrected chi connectivity index (χ1v) is 16.0. The van der Waals surface area contributed by atoms with E-state index in [2.05, 4.69) is 62.6 Å². The maximum absolute atomic E-state index is 12.6. The van der Waals surface area contributed by atoms with Gasteiger partial charge >= 0.3 is 0 Å². The van der Waals surface area contributed by atoms with Crippen LogP contribution in [0.25, 0.3) is 11.3 Å². The molecule has 0 amide bonds. The molecule has 0 bridgehead atoms. The number of H-pyrrole nitrogens is 1. The summed E-state index contributed by atoms with van der Waals surface area (Å²) in [7, 11) is 0. The molecule has 1 saturated carbocycles. The number of hydrogen-bond acceptors (Lipinski definition) is 7. The smallest absolute Gasteiger partial charge is 0.250 e. The third-order valence-corrected chi connectivity index (χ3v) is 11.1. The Morgan fingerprint density at radius 2 is 1.74 bits per heavy atom. The van der Waals surface area contributed by atoms with Gasteiger partial charge in [-0.2, -0.15) is 0 Å². The SMILES string of the molecule is O=c1cc(N2CCOCC2)cc(-c2cccc3c2Sc2ccc(NC4CCN(C5CCCCC5)C4)cc2S3)[nH]1. The van der Waals surface area contributed by atoms with Gasteiger partial charge in [-0.3, -0.25) is 9.69 Å². The fraction of sp³-hybridized carbons (Fsp3) is 0.452. The average molecular weight is 561 g/mol. The molecule has 1 aliphatic carbocycles. The zero-order valence-electron chi connectivity index (χ0n) is 22.3. The molecule has 2 N–H and O–H groups in total. The molecule has 0 radical (unpaired) electrons. The van der Waals surface area contributed by atoms with Gasteiger partial charge in [0.15, 0.2) is 0 Å². The summed E-state index contributed by atoms with van der Waals surface area (Å²) in [4.78, 5) is 25.7. The van der Waals surface area contributed by atoms with Crippen LogP contribution in [0.4, 0.5) is 11.4 Å². The summed E-state index contributed by atoms with van der Waals surface area (Å²) in [5.41, 5.74) is 4.08. The lowest BCUT2D eigenvalue weighted by Gasteiger charge is -2.31. The monoisotopic (exact) mass is 560 g/mol. The fourth-order valence-electron chi connectivity index (χ4n) is 6.50. The molecule has 1 unspecified atom stereocenters. The largest absolute Gasteiger partial charge is 0.381 e. The number of benzene rings is 2. The number of nitrogens with zero attached hydrogens (tertiary/aromatic N) is 2. The van der Waals surface area contributed by atoms with E-state index in [4.69, 9.17) is 4.74 Å². The summed E-state index contributed by atoms with van der Waals surface area (Å²) >= 11 is 3.64. The molecule has 1 aromatic heterocycles. The number of fused-ring (bicyclic) bond motifs is 2. The van der Waals surface area contributed by atoms with Crippen LogP contribution in [0.3, 0.4) is 0 Å². The van der Waals surface area contributed by atoms with Crippen molar-refractivity contribution >= 4 is 34.9 Å². The topological polar surface area (TPSA) is 60.6 Å². The summed E-state index contributed by atoms with van der Waals surface area (Å²) in [6.45, 7) is 5.40. The van der Waals surface area contributed by atoms with E-state index in [1.165, 1.54) is 70.3 Å². The quantitative estimate of drug-likeness (QED) is 0.297. The van der Waals surface area contributed by atoms with Gasteiger partial charge in [-0.05, 0) is 49.6 Å². The Kier molecular flexibility index (Phi) is 7.37. The van der Waals surface area contributed by atoms with Gasteiger partial charge in [-0.15, -0.1) is 0 Å². The van der Waals surface area contributed by atoms with Crippen molar-refractivity contribution in [3.8, 4) is 11.3 Å². The van der Waals surface area contributed by atoms with Crippen LogP contribution in [-0.4, -0.2) is 61.4 Å². The van der Waals surface area contributed by atoms with Crippen molar-refractivity contribution in [1.29, 1.82) is 0 Å². The van der Waals surface area contributed by atoms with Gasteiger partial charge in [0, 0.05) is 80.8 Å². The molecule has 39 heavy (non-hydrogen) atoms. The predicted molar refractivity (Wildman–Crippen MR) is 161 cm³/mol. The van der Waals surface area contributed by atoms with E-state index in [1.54, 1.807) is 6.07 Å². The highest BCUT2D eigenvalue weighted by atomic mass is 32.2. The molecule has 4 heterocycles. The number of aromatic amines is 1. The van der Waals surface area contributed by atoms with Gasteiger partial charge in [0.2, 0.25) is 5.56 Å². The van der Waals surface area contributed by atoms with Crippen LogP contribution in [0, 0.1) is 0 Å². The maximum atomic E-state index is 12.6. The molecule has 7 rings (SSSR count). The minimum Gasteiger partial charge on any atom is -0.381 e. The molecule has 204 valence electrons. The van der Waals surface area contributed by atoms with Gasteiger partial charge in [0.25, 0.3) is 0 Å². The number of aromatic nitrogens is 1. The zero-order chi connectivity index (χ0) is 26.2. The van der Waals surface area contributed by atoms with Crippen molar-refractivity contribution in [2.45, 2.75) is 70.2 Å². The van der Waals surface area contributed by atoms with Crippen LogP contribution in [0.15, 0.2) is 72.9 Å². The summed E-state index contributed by atoms with van der Waals surface area (Å²) in [6.07, 6.45) is 8.21. The average Bonchev–Trinajstić information content (AvgIpc) is 3.45. The standard InChI is InChI=1S/C31H36N4O2S2/c36-30-19-24(34-13-15-37-16-14-34)18-26(33-30)25-7-4-8-28-31(25)39-27-10-9-21(17-29(27)38-28)32-22-11-12-35(20-22)23-5-2-1-3-6-23/h4,7-10,17-19,22-23,32H,1-3,5-6,11-16,20H2,(H,33,36). The number of anilines is 2. The maximum Gasteiger partial charge on any atom is 0.250 e. The lowest BCUT2D eigenvalue weighted by molar-refractivity contribution is 0.122. The molecule has 3 aromatic rings. The fourth-order valence-corrected chi connectivity index (χ4v) is 8.91. The van der Waals surface area contributed by atoms with Gasteiger partial charge in [0.1, 0.15) is 0 Å². The highest BCUT2D eigenvalue weighted by Gasteiger charge is 2.29. The summed E-state index contributed by atoms with van der Waals surface area (Å²) in [6, 6.07) is 18.4. The summed E-state index contributed by atoms with van der Waals surface area (Å²) in [5.74, 6) is 0.